The molecular weight excluding hydrogens is 348 g/mol. The van der Waals surface area contributed by atoms with Crippen LogP contribution in [0.2, 0.25) is 5.02 Å². The van der Waals surface area contributed by atoms with Crippen molar-refractivity contribution in [2.45, 2.75) is 24.4 Å². The van der Waals surface area contributed by atoms with E-state index in [1.807, 2.05) is 10.8 Å². The molecule has 0 radical (unpaired) electrons. The predicted octanol–water partition coefficient (Wildman–Crippen LogP) is 1.92. The molecule has 2 aliphatic heterocycles. The molecule has 0 unspecified atom stereocenters. The second-order valence-corrected chi connectivity index (χ2v) is 6.51. The summed E-state index contributed by atoms with van der Waals surface area (Å²) >= 11 is 6.24. The SMILES string of the molecule is COc1cc(Cl)cc(-c2nccn2[C@@H]2CO[C@H]3[C@@H]2OC[C@H]3O)c1OC. The van der Waals surface area contributed by atoms with E-state index in [2.05, 4.69) is 4.98 Å². The lowest BCUT2D eigenvalue weighted by molar-refractivity contribution is 0.0172. The van der Waals surface area contributed by atoms with Crippen LogP contribution in [0.3, 0.4) is 0 Å². The summed E-state index contributed by atoms with van der Waals surface area (Å²) < 4.78 is 24.4. The van der Waals surface area contributed by atoms with E-state index in [0.29, 0.717) is 29.0 Å². The van der Waals surface area contributed by atoms with E-state index in [9.17, 15) is 5.11 Å². The summed E-state index contributed by atoms with van der Waals surface area (Å²) in [6.07, 6.45) is 2.46. The van der Waals surface area contributed by atoms with Crippen LogP contribution in [0, 0.1) is 0 Å². The van der Waals surface area contributed by atoms with Crippen molar-refractivity contribution in [1.29, 1.82) is 0 Å². The van der Waals surface area contributed by atoms with Crippen LogP contribution in [0.15, 0.2) is 24.5 Å². The smallest absolute Gasteiger partial charge is 0.171 e. The average Bonchev–Trinajstić information content (AvgIpc) is 3.31. The molecule has 1 aromatic heterocycles. The third kappa shape index (κ3) is 2.67. The Morgan fingerprint density at radius 1 is 1.20 bits per heavy atom. The van der Waals surface area contributed by atoms with Gasteiger partial charge in [0, 0.05) is 23.5 Å². The molecule has 8 heteroatoms. The van der Waals surface area contributed by atoms with Crippen molar-refractivity contribution in [3.05, 3.63) is 29.5 Å². The van der Waals surface area contributed by atoms with Crippen molar-refractivity contribution in [2.75, 3.05) is 27.4 Å². The Bertz CT molecular complexity index is 780. The summed E-state index contributed by atoms with van der Waals surface area (Å²) in [7, 11) is 3.14. The van der Waals surface area contributed by atoms with Gasteiger partial charge in [-0.3, -0.25) is 0 Å². The quantitative estimate of drug-likeness (QED) is 0.891. The molecule has 134 valence electrons. The van der Waals surface area contributed by atoms with E-state index >= 15 is 0 Å². The molecule has 0 bridgehead atoms. The molecule has 25 heavy (non-hydrogen) atoms. The number of fused-ring (bicyclic) bond motifs is 1. The van der Waals surface area contributed by atoms with Gasteiger partial charge < -0.3 is 28.6 Å². The standard InChI is InChI=1S/C17H19ClN2O5/c1-22-13-6-9(18)5-10(14(13)23-2)17-19-3-4-20(17)11-7-24-16-12(21)8-25-15(11)16/h3-6,11-12,15-16,21H,7-8H2,1-2H3/t11-,12-,15-,16-/m1/s1. The largest absolute Gasteiger partial charge is 0.493 e. The molecule has 0 saturated carbocycles. The second-order valence-electron chi connectivity index (χ2n) is 6.08. The van der Waals surface area contributed by atoms with E-state index in [0.717, 1.165) is 5.56 Å². The van der Waals surface area contributed by atoms with Gasteiger partial charge in [0.1, 0.15) is 24.1 Å². The maximum Gasteiger partial charge on any atom is 0.171 e. The number of hydrogen-bond acceptors (Lipinski definition) is 6. The number of imidazole rings is 1. The lowest BCUT2D eigenvalue weighted by Gasteiger charge is -2.21. The summed E-state index contributed by atoms with van der Waals surface area (Å²) in [6.45, 7) is 0.722. The Morgan fingerprint density at radius 2 is 2.00 bits per heavy atom. The maximum atomic E-state index is 9.96. The fourth-order valence-electron chi connectivity index (χ4n) is 3.58. The van der Waals surface area contributed by atoms with Crippen molar-refractivity contribution in [2.24, 2.45) is 0 Å². The molecule has 2 saturated heterocycles. The molecule has 0 spiro atoms. The Labute approximate surface area is 150 Å². The number of methoxy groups -OCH3 is 2. The van der Waals surface area contributed by atoms with Crippen LogP contribution >= 0.6 is 11.6 Å². The molecule has 2 aromatic rings. The summed E-state index contributed by atoms with van der Waals surface area (Å²) in [5.41, 5.74) is 0.721. The van der Waals surface area contributed by atoms with E-state index in [-0.39, 0.29) is 24.9 Å². The van der Waals surface area contributed by atoms with Gasteiger partial charge >= 0.3 is 0 Å². The first kappa shape index (κ1) is 16.7. The molecule has 2 aliphatic rings. The van der Waals surface area contributed by atoms with E-state index in [1.54, 1.807) is 32.5 Å². The zero-order valence-electron chi connectivity index (χ0n) is 13.9. The van der Waals surface area contributed by atoms with Crippen LogP contribution in [0.25, 0.3) is 11.4 Å². The Balaban J connectivity index is 1.77. The summed E-state index contributed by atoms with van der Waals surface area (Å²) in [5, 5.41) is 10.5. The number of aromatic nitrogens is 2. The van der Waals surface area contributed by atoms with Gasteiger partial charge in [-0.25, -0.2) is 4.98 Å². The van der Waals surface area contributed by atoms with Crippen LogP contribution in [0.1, 0.15) is 6.04 Å². The Morgan fingerprint density at radius 3 is 2.76 bits per heavy atom. The van der Waals surface area contributed by atoms with Gasteiger partial charge in [-0.15, -0.1) is 0 Å². The maximum absolute atomic E-state index is 9.96. The minimum absolute atomic E-state index is 0.0886. The lowest BCUT2D eigenvalue weighted by Crippen LogP contribution is -2.30. The van der Waals surface area contributed by atoms with Gasteiger partial charge in [0.25, 0.3) is 0 Å². The van der Waals surface area contributed by atoms with E-state index < -0.39 is 6.10 Å². The molecule has 7 nitrogen and oxygen atoms in total. The zero-order chi connectivity index (χ0) is 17.6. The van der Waals surface area contributed by atoms with Crippen molar-refractivity contribution >= 4 is 11.6 Å². The zero-order valence-corrected chi connectivity index (χ0v) is 14.6. The molecule has 4 atom stereocenters. The van der Waals surface area contributed by atoms with Crippen molar-refractivity contribution in [3.8, 4) is 22.9 Å². The van der Waals surface area contributed by atoms with Crippen LogP contribution in [-0.2, 0) is 9.47 Å². The monoisotopic (exact) mass is 366 g/mol. The molecule has 3 heterocycles. The average molecular weight is 367 g/mol. The number of rotatable bonds is 4. The van der Waals surface area contributed by atoms with Gasteiger partial charge in [0.15, 0.2) is 11.5 Å². The van der Waals surface area contributed by atoms with Crippen LogP contribution in [-0.4, -0.2) is 60.4 Å². The topological polar surface area (TPSA) is 75.0 Å². The Kier molecular flexibility index (Phi) is 4.33. The molecule has 0 amide bonds. The molecule has 1 N–H and O–H groups in total. The summed E-state index contributed by atoms with van der Waals surface area (Å²) in [5.74, 6) is 1.77. The van der Waals surface area contributed by atoms with Gasteiger partial charge in [-0.2, -0.15) is 0 Å². The number of nitrogens with zero attached hydrogens (tertiary/aromatic N) is 2. The highest BCUT2D eigenvalue weighted by Gasteiger charge is 2.48. The summed E-state index contributed by atoms with van der Waals surface area (Å²) in [4.78, 5) is 4.48. The van der Waals surface area contributed by atoms with Crippen molar-refractivity contribution in [3.63, 3.8) is 0 Å². The number of aliphatic hydroxyl groups excluding tert-OH is 1. The van der Waals surface area contributed by atoms with E-state index in [4.69, 9.17) is 30.5 Å². The summed E-state index contributed by atoms with van der Waals surface area (Å²) in [6, 6.07) is 3.40. The first-order valence-electron chi connectivity index (χ1n) is 8.00. The van der Waals surface area contributed by atoms with E-state index in [1.165, 1.54) is 0 Å². The number of aliphatic hydroxyl groups is 1. The molecule has 4 rings (SSSR count). The fourth-order valence-corrected chi connectivity index (χ4v) is 3.79. The molecular formula is C17H19ClN2O5. The van der Waals surface area contributed by atoms with Crippen LogP contribution < -0.4 is 9.47 Å². The predicted molar refractivity (Wildman–Crippen MR) is 90.3 cm³/mol. The van der Waals surface area contributed by atoms with Gasteiger partial charge in [-0.05, 0) is 6.07 Å². The molecule has 1 aromatic carbocycles. The second kappa shape index (κ2) is 6.49. The van der Waals surface area contributed by atoms with Crippen molar-refractivity contribution in [1.82, 2.24) is 9.55 Å². The highest BCUT2D eigenvalue weighted by Crippen LogP contribution is 2.42. The van der Waals surface area contributed by atoms with Crippen molar-refractivity contribution < 1.29 is 24.1 Å². The normalized spacial score (nSPS) is 28.2. The van der Waals surface area contributed by atoms with Gasteiger partial charge in [0.2, 0.25) is 0 Å². The third-order valence-electron chi connectivity index (χ3n) is 4.71. The first-order chi connectivity index (χ1) is 12.1. The van der Waals surface area contributed by atoms with Crippen LogP contribution in [0.4, 0.5) is 0 Å². The lowest BCUT2D eigenvalue weighted by atomic mass is 10.1. The fraction of sp³-hybridized carbons (Fsp3) is 0.471. The highest BCUT2D eigenvalue weighted by molar-refractivity contribution is 6.31. The number of halogens is 1. The first-order valence-corrected chi connectivity index (χ1v) is 8.37. The third-order valence-corrected chi connectivity index (χ3v) is 4.93. The van der Waals surface area contributed by atoms with Gasteiger partial charge in [-0.1, -0.05) is 11.6 Å². The minimum Gasteiger partial charge on any atom is -0.493 e. The molecule has 0 aliphatic carbocycles. The number of benzene rings is 1. The highest BCUT2D eigenvalue weighted by atomic mass is 35.5. The Hall–Kier alpha value is -1.80. The molecule has 2 fully saturated rings. The van der Waals surface area contributed by atoms with Gasteiger partial charge in [0.05, 0.1) is 39.0 Å². The van der Waals surface area contributed by atoms with Crippen LogP contribution in [0.5, 0.6) is 11.5 Å². The number of ether oxygens (including phenoxy) is 4. The minimum atomic E-state index is -0.595. The number of hydrogen-bond donors (Lipinski definition) is 1.